The lowest BCUT2D eigenvalue weighted by Crippen LogP contribution is -2.31. The molecular formula is C27H25ClFN3O2. The van der Waals surface area contributed by atoms with Crippen molar-refractivity contribution >= 4 is 35.1 Å². The first kappa shape index (κ1) is 22.4. The Hall–Kier alpha value is -3.35. The third-order valence-electron chi connectivity index (χ3n) is 6.60. The fourth-order valence-electron chi connectivity index (χ4n) is 4.95. The van der Waals surface area contributed by atoms with E-state index >= 15 is 0 Å². The Balaban J connectivity index is 0.00000241. The van der Waals surface area contributed by atoms with Crippen LogP contribution in [0.5, 0.6) is 5.75 Å². The predicted molar refractivity (Wildman–Crippen MR) is 135 cm³/mol. The molecule has 0 radical (unpaired) electrons. The van der Waals surface area contributed by atoms with Gasteiger partial charge in [0.15, 0.2) is 0 Å². The zero-order chi connectivity index (χ0) is 22.4. The normalized spacial score (nSPS) is 18.1. The number of halogens is 2. The van der Waals surface area contributed by atoms with Crippen molar-refractivity contribution < 1.29 is 9.13 Å². The van der Waals surface area contributed by atoms with Crippen LogP contribution in [-0.2, 0) is 13.2 Å². The van der Waals surface area contributed by atoms with E-state index in [4.69, 9.17) is 4.74 Å². The van der Waals surface area contributed by atoms with Crippen molar-refractivity contribution in [3.05, 3.63) is 99.2 Å². The number of hydrogen-bond acceptors (Lipinski definition) is 3. The summed E-state index contributed by atoms with van der Waals surface area (Å²) in [6.45, 7) is 2.06. The van der Waals surface area contributed by atoms with E-state index in [2.05, 4.69) is 22.4 Å². The maximum absolute atomic E-state index is 13.9. The van der Waals surface area contributed by atoms with Crippen molar-refractivity contribution in [1.29, 1.82) is 0 Å². The van der Waals surface area contributed by atoms with Gasteiger partial charge in [0.25, 0.3) is 0 Å². The first-order valence-corrected chi connectivity index (χ1v) is 11.3. The zero-order valence-electron chi connectivity index (χ0n) is 18.5. The van der Waals surface area contributed by atoms with Crippen molar-refractivity contribution in [1.82, 2.24) is 14.9 Å². The lowest BCUT2D eigenvalue weighted by Gasteiger charge is -2.12. The summed E-state index contributed by atoms with van der Waals surface area (Å²) in [6, 6.07) is 19.1. The SMILES string of the molecule is Cl.O=c1[nH]c2cc(/C=C3\c4ccccc4COc4cc(F)ccc43)ccc2n1C[C@H]1CCCN1. The van der Waals surface area contributed by atoms with E-state index in [1.165, 1.54) is 12.1 Å². The highest BCUT2D eigenvalue weighted by molar-refractivity contribution is 5.95. The summed E-state index contributed by atoms with van der Waals surface area (Å²) in [4.78, 5) is 15.7. The van der Waals surface area contributed by atoms with Gasteiger partial charge in [-0.05, 0) is 72.0 Å². The highest BCUT2D eigenvalue weighted by Gasteiger charge is 2.20. The number of aromatic nitrogens is 2. The van der Waals surface area contributed by atoms with Gasteiger partial charge in [-0.25, -0.2) is 9.18 Å². The molecule has 34 heavy (non-hydrogen) atoms. The van der Waals surface area contributed by atoms with Gasteiger partial charge in [0, 0.05) is 24.2 Å². The molecule has 2 aliphatic rings. The van der Waals surface area contributed by atoms with Gasteiger partial charge < -0.3 is 15.0 Å². The summed E-state index contributed by atoms with van der Waals surface area (Å²) in [5.74, 6) is 0.207. The van der Waals surface area contributed by atoms with E-state index in [1.807, 2.05) is 41.0 Å². The van der Waals surface area contributed by atoms with E-state index < -0.39 is 0 Å². The molecule has 5 nitrogen and oxygen atoms in total. The van der Waals surface area contributed by atoms with Crippen LogP contribution in [0.2, 0.25) is 0 Å². The number of aromatic amines is 1. The molecule has 7 heteroatoms. The lowest BCUT2D eigenvalue weighted by molar-refractivity contribution is 0.305. The van der Waals surface area contributed by atoms with Crippen LogP contribution in [-0.4, -0.2) is 22.1 Å². The monoisotopic (exact) mass is 477 g/mol. The van der Waals surface area contributed by atoms with E-state index in [0.717, 1.165) is 58.2 Å². The maximum Gasteiger partial charge on any atom is 0.326 e. The first-order chi connectivity index (χ1) is 16.2. The molecule has 3 aromatic carbocycles. The second-order valence-electron chi connectivity index (χ2n) is 8.75. The highest BCUT2D eigenvalue weighted by Crippen LogP contribution is 2.38. The predicted octanol–water partition coefficient (Wildman–Crippen LogP) is 5.12. The van der Waals surface area contributed by atoms with Crippen LogP contribution in [0.25, 0.3) is 22.7 Å². The van der Waals surface area contributed by atoms with Crippen molar-refractivity contribution in [3.8, 4) is 5.75 Å². The largest absolute Gasteiger partial charge is 0.488 e. The Labute approximate surface area is 202 Å². The Morgan fingerprint density at radius 3 is 2.82 bits per heavy atom. The number of benzene rings is 3. The third-order valence-corrected chi connectivity index (χ3v) is 6.60. The summed E-state index contributed by atoms with van der Waals surface area (Å²) < 4.78 is 21.7. The first-order valence-electron chi connectivity index (χ1n) is 11.3. The average Bonchev–Trinajstić information content (AvgIpc) is 3.41. The van der Waals surface area contributed by atoms with E-state index in [1.54, 1.807) is 6.07 Å². The number of H-pyrrole nitrogens is 1. The van der Waals surface area contributed by atoms with Crippen molar-refractivity contribution in [2.75, 3.05) is 6.54 Å². The molecule has 3 heterocycles. The molecule has 1 aromatic heterocycles. The van der Waals surface area contributed by atoms with Crippen molar-refractivity contribution in [2.45, 2.75) is 32.0 Å². The standard InChI is InChI=1S/C27H24FN3O2.ClH/c28-19-8-9-22-23(21-6-2-1-4-18(21)16-33-26(22)14-19)12-17-7-10-25-24(13-17)30-27(32)31(25)15-20-5-3-11-29-20;/h1-2,4,6-10,12-14,20,29H,3,5,11,15-16H2,(H,30,32);1H/b23-12+;/t20-;/m1./s1. The Morgan fingerprint density at radius 1 is 1.09 bits per heavy atom. The van der Waals surface area contributed by atoms with Gasteiger partial charge in [-0.2, -0.15) is 0 Å². The maximum atomic E-state index is 13.9. The molecule has 0 unspecified atom stereocenters. The van der Waals surface area contributed by atoms with Gasteiger partial charge in [-0.1, -0.05) is 30.3 Å². The van der Waals surface area contributed by atoms with Gasteiger partial charge in [0.05, 0.1) is 11.0 Å². The zero-order valence-corrected chi connectivity index (χ0v) is 19.3. The second kappa shape index (κ2) is 9.12. The molecule has 0 amide bonds. The number of nitrogens with zero attached hydrogens (tertiary/aromatic N) is 1. The lowest BCUT2D eigenvalue weighted by atomic mass is 9.92. The van der Waals surface area contributed by atoms with Gasteiger partial charge in [0.1, 0.15) is 18.2 Å². The van der Waals surface area contributed by atoms with Gasteiger partial charge in [-0.3, -0.25) is 4.57 Å². The number of imidazole rings is 1. The molecule has 4 aromatic rings. The molecule has 0 spiro atoms. The molecule has 2 aliphatic heterocycles. The van der Waals surface area contributed by atoms with Gasteiger partial charge in [-0.15, -0.1) is 12.4 Å². The average molecular weight is 478 g/mol. The van der Waals surface area contributed by atoms with Crippen LogP contribution in [0.3, 0.4) is 0 Å². The van der Waals surface area contributed by atoms with Gasteiger partial charge in [0.2, 0.25) is 0 Å². The van der Waals surface area contributed by atoms with Crippen LogP contribution in [0.1, 0.15) is 35.1 Å². The third kappa shape index (κ3) is 4.04. The molecule has 1 fully saturated rings. The molecule has 0 saturated carbocycles. The van der Waals surface area contributed by atoms with Crippen molar-refractivity contribution in [3.63, 3.8) is 0 Å². The molecule has 1 saturated heterocycles. The van der Waals surface area contributed by atoms with Crippen LogP contribution >= 0.6 is 12.4 Å². The van der Waals surface area contributed by atoms with Crippen LogP contribution < -0.4 is 15.7 Å². The summed E-state index contributed by atoms with van der Waals surface area (Å²) in [5, 5.41) is 3.46. The summed E-state index contributed by atoms with van der Waals surface area (Å²) >= 11 is 0. The highest BCUT2D eigenvalue weighted by atomic mass is 35.5. The number of fused-ring (bicyclic) bond motifs is 3. The van der Waals surface area contributed by atoms with Crippen LogP contribution in [0.15, 0.2) is 65.5 Å². The van der Waals surface area contributed by atoms with Crippen molar-refractivity contribution in [2.24, 2.45) is 0 Å². The molecule has 2 N–H and O–H groups in total. The molecule has 0 aliphatic carbocycles. The smallest absolute Gasteiger partial charge is 0.326 e. The fourth-order valence-corrected chi connectivity index (χ4v) is 4.95. The Kier molecular flexibility index (Phi) is 6.02. The molecule has 1 atom stereocenters. The number of rotatable bonds is 3. The van der Waals surface area contributed by atoms with E-state index in [9.17, 15) is 9.18 Å². The molecule has 174 valence electrons. The minimum Gasteiger partial charge on any atom is -0.488 e. The molecule has 6 rings (SSSR count). The van der Waals surface area contributed by atoms with Gasteiger partial charge >= 0.3 is 5.69 Å². The van der Waals surface area contributed by atoms with E-state index in [-0.39, 0.29) is 23.9 Å². The summed E-state index contributed by atoms with van der Waals surface area (Å²) in [5.41, 5.74) is 6.50. The summed E-state index contributed by atoms with van der Waals surface area (Å²) in [7, 11) is 0. The Morgan fingerprint density at radius 2 is 1.97 bits per heavy atom. The quantitative estimate of drug-likeness (QED) is 0.430. The summed E-state index contributed by atoms with van der Waals surface area (Å²) in [6.07, 6.45) is 4.32. The van der Waals surface area contributed by atoms with Crippen LogP contribution in [0.4, 0.5) is 4.39 Å². The fraction of sp³-hybridized carbons (Fsp3) is 0.222. The number of nitrogens with one attached hydrogen (secondary N) is 2. The van der Waals surface area contributed by atoms with E-state index in [0.29, 0.717) is 24.9 Å². The topological polar surface area (TPSA) is 59.1 Å². The molecular weight excluding hydrogens is 453 g/mol. The minimum atomic E-state index is -0.323. The van der Waals surface area contributed by atoms with Crippen LogP contribution in [0, 0.1) is 5.82 Å². The second-order valence-corrected chi connectivity index (χ2v) is 8.75. The number of hydrogen-bond donors (Lipinski definition) is 2. The minimum absolute atomic E-state index is 0. The number of ether oxygens (including phenoxy) is 1. The Bertz CT molecular complexity index is 1450. The molecule has 0 bridgehead atoms.